The van der Waals surface area contributed by atoms with Crippen LogP contribution in [-0.2, 0) is 20.9 Å². The molecule has 10 heteroatoms. The second-order valence-electron chi connectivity index (χ2n) is 8.61. The van der Waals surface area contributed by atoms with Crippen molar-refractivity contribution < 1.29 is 34.0 Å². The lowest BCUT2D eigenvalue weighted by Gasteiger charge is -2.32. The molecular formula is C22H33N2O7P-2. The molecule has 0 bridgehead atoms. The summed E-state index contributed by atoms with van der Waals surface area (Å²) >= 11 is 0. The van der Waals surface area contributed by atoms with E-state index in [0.717, 1.165) is 11.5 Å². The molecular weight excluding hydrogens is 435 g/mol. The first-order valence-electron chi connectivity index (χ1n) is 10.5. The van der Waals surface area contributed by atoms with Crippen LogP contribution in [0, 0.1) is 17.8 Å². The first-order chi connectivity index (χ1) is 14.9. The molecule has 180 valence electrons. The van der Waals surface area contributed by atoms with Crippen molar-refractivity contribution in [3.63, 3.8) is 0 Å². The standard InChI is InChI=1S/C22H34N2O7P/c1-15(2)10-18(20(25)24-19(21(26)27)11-16(3)4)13-32(29,30)14-23-22(28)31-12-17-8-6-5-7-9-17/h5-9,14-16,18-19H,10-13H2,1-4H3,(H4-,23,24,25,26,27,28,29,30)/q-1/p-1/t18-,19+/m1/s1. The number of carboxylic acids is 1. The van der Waals surface area contributed by atoms with E-state index in [1.807, 2.05) is 33.8 Å². The zero-order chi connectivity index (χ0) is 24.3. The highest BCUT2D eigenvalue weighted by Crippen LogP contribution is 2.35. The lowest BCUT2D eigenvalue weighted by atomic mass is 9.96. The fourth-order valence-electron chi connectivity index (χ4n) is 3.10. The Morgan fingerprint density at radius 1 is 1.09 bits per heavy atom. The van der Waals surface area contributed by atoms with Crippen molar-refractivity contribution in [2.75, 3.05) is 6.16 Å². The molecule has 1 unspecified atom stereocenters. The summed E-state index contributed by atoms with van der Waals surface area (Å²) in [5, 5.41) is 15.9. The molecule has 0 aliphatic carbocycles. The highest BCUT2D eigenvalue weighted by molar-refractivity contribution is 7.62. The molecule has 0 radical (unpaired) electrons. The second kappa shape index (κ2) is 13.3. The second-order valence-corrected chi connectivity index (χ2v) is 10.7. The predicted octanol–water partition coefficient (Wildman–Crippen LogP) is 0.816. The van der Waals surface area contributed by atoms with E-state index in [9.17, 15) is 29.3 Å². The predicted molar refractivity (Wildman–Crippen MR) is 119 cm³/mol. The third-order valence-corrected chi connectivity index (χ3v) is 6.01. The third-order valence-electron chi connectivity index (χ3n) is 4.51. The highest BCUT2D eigenvalue weighted by atomic mass is 31.2. The number of carboxylic acid groups (broad SMARTS) is 1. The molecule has 2 amide bonds. The van der Waals surface area contributed by atoms with Crippen LogP contribution in [-0.4, -0.2) is 41.0 Å². The summed E-state index contributed by atoms with van der Waals surface area (Å²) in [6.07, 6.45) is -0.899. The minimum Gasteiger partial charge on any atom is -0.808 e. The molecule has 9 nitrogen and oxygen atoms in total. The van der Waals surface area contributed by atoms with Gasteiger partial charge in [-0.2, -0.15) is 0 Å². The zero-order valence-electron chi connectivity index (χ0n) is 18.9. The average molecular weight is 468 g/mol. The van der Waals surface area contributed by atoms with Crippen molar-refractivity contribution >= 4 is 31.2 Å². The minimum absolute atomic E-state index is 0.00474. The lowest BCUT2D eigenvalue weighted by molar-refractivity contribution is -0.308. The van der Waals surface area contributed by atoms with Crippen LogP contribution in [0.1, 0.15) is 46.1 Å². The van der Waals surface area contributed by atoms with E-state index in [1.165, 1.54) is 0 Å². The number of benzene rings is 1. The summed E-state index contributed by atoms with van der Waals surface area (Å²) < 4.78 is 4.99. The maximum Gasteiger partial charge on any atom is 0.411 e. The Balaban J connectivity index is 2.78. The molecule has 32 heavy (non-hydrogen) atoms. The number of carbonyl (C=O) groups excluding carboxylic acids is 3. The minimum atomic E-state index is -4.06. The van der Waals surface area contributed by atoms with Crippen molar-refractivity contribution in [2.45, 2.75) is 53.2 Å². The van der Waals surface area contributed by atoms with E-state index < -0.39 is 43.4 Å². The van der Waals surface area contributed by atoms with E-state index >= 15 is 0 Å². The summed E-state index contributed by atoms with van der Waals surface area (Å²) in [4.78, 5) is 58.8. The fourth-order valence-corrected chi connectivity index (χ4v) is 4.45. The van der Waals surface area contributed by atoms with Crippen LogP contribution < -0.4 is 20.6 Å². The molecule has 0 heterocycles. The average Bonchev–Trinajstić information content (AvgIpc) is 2.69. The third kappa shape index (κ3) is 11.3. The smallest absolute Gasteiger partial charge is 0.411 e. The SMILES string of the molecule is CC(C)C[C@H](CP([O-])(O)=CNC(=O)OCc1ccccc1)C(=O)N[C@@H](CC(C)C)C(=O)[O-]. The Kier molecular flexibility index (Phi) is 11.5. The molecule has 0 spiro atoms. The summed E-state index contributed by atoms with van der Waals surface area (Å²) in [6.45, 7) is 7.31. The molecule has 0 aliphatic heterocycles. The van der Waals surface area contributed by atoms with E-state index in [1.54, 1.807) is 24.3 Å². The maximum absolute atomic E-state index is 12.7. The van der Waals surface area contributed by atoms with Gasteiger partial charge in [0.1, 0.15) is 6.61 Å². The van der Waals surface area contributed by atoms with Crippen LogP contribution in [0.4, 0.5) is 4.79 Å². The molecule has 1 aromatic carbocycles. The summed E-state index contributed by atoms with van der Waals surface area (Å²) in [5.41, 5.74) is 0.757. The van der Waals surface area contributed by atoms with Gasteiger partial charge in [-0.05, 0) is 36.4 Å². The number of ether oxygens (including phenoxy) is 1. The van der Waals surface area contributed by atoms with Gasteiger partial charge in [-0.3, -0.25) is 10.1 Å². The van der Waals surface area contributed by atoms with Gasteiger partial charge in [-0.1, -0.05) is 65.4 Å². The molecule has 0 saturated carbocycles. The number of carbonyl (C=O) groups is 3. The molecule has 0 aromatic heterocycles. The van der Waals surface area contributed by atoms with Gasteiger partial charge < -0.3 is 29.7 Å². The van der Waals surface area contributed by atoms with Crippen molar-refractivity contribution in [3.05, 3.63) is 35.9 Å². The van der Waals surface area contributed by atoms with Crippen molar-refractivity contribution in [3.8, 4) is 0 Å². The maximum atomic E-state index is 12.7. The van der Waals surface area contributed by atoms with Crippen LogP contribution >= 0.6 is 7.34 Å². The number of alkyl carbamates (subject to hydrolysis) is 1. The molecule has 1 rings (SSSR count). The van der Waals surface area contributed by atoms with Crippen LogP contribution in [0.15, 0.2) is 30.3 Å². The number of amides is 2. The normalized spacial score (nSPS) is 14.9. The van der Waals surface area contributed by atoms with Gasteiger partial charge in [0.05, 0.1) is 12.0 Å². The molecule has 0 fully saturated rings. The van der Waals surface area contributed by atoms with Crippen molar-refractivity contribution in [2.24, 2.45) is 17.8 Å². The Bertz CT molecular complexity index is 806. The Morgan fingerprint density at radius 2 is 1.69 bits per heavy atom. The first-order valence-corrected chi connectivity index (χ1v) is 12.4. The van der Waals surface area contributed by atoms with Gasteiger partial charge in [0.15, 0.2) is 0 Å². The number of hydrogen-bond donors (Lipinski definition) is 3. The fraction of sp³-hybridized carbons (Fsp3) is 0.545. The van der Waals surface area contributed by atoms with Gasteiger partial charge in [-0.25, -0.2) is 4.79 Å². The van der Waals surface area contributed by atoms with Crippen molar-refractivity contribution in [1.29, 1.82) is 0 Å². The molecule has 1 aromatic rings. The van der Waals surface area contributed by atoms with E-state index in [2.05, 4.69) is 10.6 Å². The number of hydrogen-bond acceptors (Lipinski definition) is 7. The largest absolute Gasteiger partial charge is 0.808 e. The van der Waals surface area contributed by atoms with Crippen molar-refractivity contribution in [1.82, 2.24) is 10.6 Å². The van der Waals surface area contributed by atoms with Gasteiger partial charge in [0.2, 0.25) is 5.91 Å². The first kappa shape index (κ1) is 27.7. The summed E-state index contributed by atoms with van der Waals surface area (Å²) in [6, 6.07) is 7.74. The number of rotatable bonds is 12. The molecule has 3 atom stereocenters. The lowest BCUT2D eigenvalue weighted by Crippen LogP contribution is -2.50. The quantitative estimate of drug-likeness (QED) is 0.384. The summed E-state index contributed by atoms with van der Waals surface area (Å²) in [7, 11) is -4.06. The summed E-state index contributed by atoms with van der Waals surface area (Å²) in [5.74, 6) is -2.20. The van der Waals surface area contributed by atoms with E-state index in [4.69, 9.17) is 4.74 Å². The van der Waals surface area contributed by atoms with Gasteiger partial charge >= 0.3 is 6.09 Å². The van der Waals surface area contributed by atoms with Crippen LogP contribution in [0.3, 0.4) is 0 Å². The number of nitrogens with one attached hydrogen (secondary N) is 2. The monoisotopic (exact) mass is 468 g/mol. The topological polar surface area (TPSA) is 151 Å². The molecule has 3 N–H and O–H groups in total. The highest BCUT2D eigenvalue weighted by Gasteiger charge is 2.25. The van der Waals surface area contributed by atoms with Crippen LogP contribution in [0.2, 0.25) is 0 Å². The van der Waals surface area contributed by atoms with Gasteiger partial charge in [0.25, 0.3) is 0 Å². The molecule has 0 aliphatic rings. The van der Waals surface area contributed by atoms with Gasteiger partial charge in [-0.15, -0.1) is 0 Å². The molecule has 0 saturated heterocycles. The Labute approximate surface area is 189 Å². The van der Waals surface area contributed by atoms with Gasteiger partial charge in [0, 0.05) is 11.8 Å². The van der Waals surface area contributed by atoms with E-state index in [0.29, 0.717) is 0 Å². The Morgan fingerprint density at radius 3 is 2.22 bits per heavy atom. The van der Waals surface area contributed by atoms with Crippen LogP contribution in [0.25, 0.3) is 0 Å². The number of aliphatic carboxylic acids is 1. The Hall–Kier alpha value is -2.35. The van der Waals surface area contributed by atoms with E-state index in [-0.39, 0.29) is 31.3 Å². The zero-order valence-corrected chi connectivity index (χ0v) is 19.8. The van der Waals surface area contributed by atoms with Crippen LogP contribution in [0.5, 0.6) is 0 Å².